The summed E-state index contributed by atoms with van der Waals surface area (Å²) in [4.78, 5) is 8.86. The smallest absolute Gasteiger partial charge is 0.316 e. The van der Waals surface area contributed by atoms with Crippen molar-refractivity contribution >= 4 is 27.9 Å². The first-order valence-electron chi connectivity index (χ1n) is 4.77. The Bertz CT molecular complexity index is 280. The Balaban J connectivity index is 2.16. The molecule has 2 rings (SSSR count). The van der Waals surface area contributed by atoms with Crippen LogP contribution >= 0.6 is 20.0 Å². The summed E-state index contributed by atoms with van der Waals surface area (Å²) in [5, 5.41) is 0.140. The molecule has 2 aliphatic heterocycles. The van der Waals surface area contributed by atoms with E-state index in [4.69, 9.17) is 18.9 Å². The van der Waals surface area contributed by atoms with Gasteiger partial charge in [0.1, 0.15) is 19.6 Å². The minimum Gasteiger partial charge on any atom is -0.382 e. The van der Waals surface area contributed by atoms with Crippen LogP contribution in [-0.2, 0) is 18.6 Å². The predicted molar refractivity (Wildman–Crippen MR) is 60.4 cm³/mol. The predicted octanol–water partition coefficient (Wildman–Crippen LogP) is -0.756. The van der Waals surface area contributed by atoms with Crippen molar-refractivity contribution in [2.24, 2.45) is 0 Å². The number of ether oxygens (including phenoxy) is 2. The highest BCUT2D eigenvalue weighted by Gasteiger charge is 2.60. The maximum atomic E-state index is 10.8. The van der Waals surface area contributed by atoms with Crippen molar-refractivity contribution in [2.45, 2.75) is 23.0 Å². The molecule has 0 spiro atoms. The van der Waals surface area contributed by atoms with Gasteiger partial charge in [-0.25, -0.2) is 0 Å². The van der Waals surface area contributed by atoms with Crippen molar-refractivity contribution in [2.75, 3.05) is 19.5 Å². The molecule has 86 valence electrons. The van der Waals surface area contributed by atoms with E-state index in [-0.39, 0.29) is 17.4 Å². The highest BCUT2D eigenvalue weighted by Crippen LogP contribution is 2.50. The monoisotopic (exact) mass is 252 g/mol. The molecule has 2 fully saturated rings. The third-order valence-electron chi connectivity index (χ3n) is 2.84. The molecule has 8 heteroatoms. The zero-order valence-electron chi connectivity index (χ0n) is 8.63. The molecule has 5 nitrogen and oxygen atoms in total. The summed E-state index contributed by atoms with van der Waals surface area (Å²) in [6, 6.07) is 0.0465. The van der Waals surface area contributed by atoms with Crippen LogP contribution < -0.4 is 0 Å². The fraction of sp³-hybridized carbons (Fsp3) is 1.00. The van der Waals surface area contributed by atoms with E-state index in [0.29, 0.717) is 6.61 Å². The van der Waals surface area contributed by atoms with Crippen molar-refractivity contribution < 1.29 is 23.5 Å². The van der Waals surface area contributed by atoms with E-state index < -0.39 is 13.9 Å². The summed E-state index contributed by atoms with van der Waals surface area (Å²) < 4.78 is 26.8. The maximum Gasteiger partial charge on any atom is 0.316 e. The van der Waals surface area contributed by atoms with E-state index in [2.05, 4.69) is 0 Å². The summed E-state index contributed by atoms with van der Waals surface area (Å²) in [5.74, 6) is 0.760. The van der Waals surface area contributed by atoms with Gasteiger partial charge in [-0.1, -0.05) is 0 Å². The van der Waals surface area contributed by atoms with Crippen LogP contribution in [0, 0.1) is 0 Å². The number of methoxy groups -OCH3 is 1. The Hall–Kier alpha value is 0.485. The van der Waals surface area contributed by atoms with Gasteiger partial charge in [-0.2, -0.15) is 11.8 Å². The Kier molecular flexibility index (Phi) is 3.50. The quantitative estimate of drug-likeness (QED) is 0.524. The summed E-state index contributed by atoms with van der Waals surface area (Å²) in [5.41, 5.74) is -0.535. The Labute approximate surface area is 94.2 Å². The average molecular weight is 252 g/mol. The Morgan fingerprint density at radius 1 is 1.80 bits per heavy atom. The van der Waals surface area contributed by atoms with Gasteiger partial charge in [0.15, 0.2) is 0 Å². The van der Waals surface area contributed by atoms with E-state index in [0.717, 1.165) is 5.75 Å². The average Bonchev–Trinajstić information content (AvgIpc) is 2.56. The largest absolute Gasteiger partial charge is 0.382 e. The van der Waals surface area contributed by atoms with Gasteiger partial charge >= 0.3 is 8.25 Å². The minimum absolute atomic E-state index is 0.0465. The molecule has 0 aromatic rings. The Morgan fingerprint density at radius 3 is 3.07 bits per heavy atom. The topological polar surface area (TPSA) is 65.0 Å². The highest BCUT2D eigenvalue weighted by atomic mass is 32.2. The molecule has 2 aliphatic rings. The number of hydrogen-bond acceptors (Lipinski definition) is 5. The van der Waals surface area contributed by atoms with Crippen LogP contribution in [0.1, 0.15) is 0 Å². The number of rotatable bonds is 4. The van der Waals surface area contributed by atoms with Crippen molar-refractivity contribution in [1.29, 1.82) is 0 Å². The lowest BCUT2D eigenvalue weighted by atomic mass is 9.93. The molecular formula is C7H14BO5PS. The van der Waals surface area contributed by atoms with Crippen molar-refractivity contribution in [3.63, 3.8) is 0 Å². The molecule has 2 heterocycles. The van der Waals surface area contributed by atoms with E-state index in [1.165, 1.54) is 0 Å². The summed E-state index contributed by atoms with van der Waals surface area (Å²) in [6.07, 6.45) is -0.325. The summed E-state index contributed by atoms with van der Waals surface area (Å²) in [6.45, 7) is 0.403. The van der Waals surface area contributed by atoms with Gasteiger partial charge in [0.25, 0.3) is 0 Å². The number of thioether (sulfide) groups is 1. The SMILES string of the molecule is B[C@@H]1O[C@@]2(COC)CSC1C2O[PH](=O)O. The van der Waals surface area contributed by atoms with Crippen LogP contribution in [0.5, 0.6) is 0 Å². The first-order chi connectivity index (χ1) is 7.09. The van der Waals surface area contributed by atoms with Crippen molar-refractivity contribution in [3.8, 4) is 0 Å². The molecule has 0 amide bonds. The lowest BCUT2D eigenvalue weighted by Crippen LogP contribution is -2.45. The Morgan fingerprint density at radius 2 is 2.53 bits per heavy atom. The van der Waals surface area contributed by atoms with Crippen LogP contribution in [0.2, 0.25) is 0 Å². The fourth-order valence-electron chi connectivity index (χ4n) is 2.31. The van der Waals surface area contributed by atoms with E-state index >= 15 is 0 Å². The molecule has 0 aromatic carbocycles. The standard InChI is InChI=1S/C7H14BO5PS/c1-11-2-7-3-15-4(6(8)12-7)5(7)13-14(9)10/h4-6,14H,2-3,8H2,1H3,(H,9,10)/t4?,5?,6-,7+/m1/s1. The van der Waals surface area contributed by atoms with E-state index in [9.17, 15) is 4.57 Å². The maximum absolute atomic E-state index is 10.8. The summed E-state index contributed by atoms with van der Waals surface area (Å²) >= 11 is 1.73. The lowest BCUT2D eigenvalue weighted by molar-refractivity contribution is -0.0825. The molecule has 1 N–H and O–H groups in total. The molecule has 0 aliphatic carbocycles. The molecule has 2 bridgehead atoms. The van der Waals surface area contributed by atoms with Gasteiger partial charge in [0.05, 0.1) is 11.9 Å². The number of fused-ring (bicyclic) bond motifs is 2. The summed E-state index contributed by atoms with van der Waals surface area (Å²) in [7, 11) is 0.633. The molecule has 2 saturated heterocycles. The first-order valence-corrected chi connectivity index (χ1v) is 7.08. The third kappa shape index (κ3) is 2.01. The molecule has 0 aromatic heterocycles. The lowest BCUT2D eigenvalue weighted by Gasteiger charge is -2.29. The third-order valence-corrected chi connectivity index (χ3v) is 4.96. The van der Waals surface area contributed by atoms with Crippen molar-refractivity contribution in [3.05, 3.63) is 0 Å². The second-order valence-corrected chi connectivity index (χ2v) is 5.83. The van der Waals surface area contributed by atoms with E-state index in [1.807, 2.05) is 7.85 Å². The van der Waals surface area contributed by atoms with Gasteiger partial charge in [-0.3, -0.25) is 4.57 Å². The van der Waals surface area contributed by atoms with Crippen LogP contribution in [0.25, 0.3) is 0 Å². The van der Waals surface area contributed by atoms with Crippen LogP contribution in [-0.4, -0.2) is 55.2 Å². The normalized spacial score (nSPS) is 45.9. The van der Waals surface area contributed by atoms with Crippen LogP contribution in [0.4, 0.5) is 0 Å². The van der Waals surface area contributed by atoms with Gasteiger partial charge in [-0.05, 0) is 0 Å². The zero-order chi connectivity index (χ0) is 11.1. The van der Waals surface area contributed by atoms with Gasteiger partial charge in [0.2, 0.25) is 0 Å². The number of hydrogen-bond donors (Lipinski definition) is 1. The second-order valence-electron chi connectivity index (χ2n) is 3.90. The van der Waals surface area contributed by atoms with Gasteiger partial charge in [0, 0.05) is 18.9 Å². The highest BCUT2D eigenvalue weighted by molar-refractivity contribution is 8.00. The second kappa shape index (κ2) is 4.39. The molecule has 3 unspecified atom stereocenters. The fourth-order valence-corrected chi connectivity index (χ4v) is 4.58. The van der Waals surface area contributed by atoms with Crippen molar-refractivity contribution in [1.82, 2.24) is 0 Å². The van der Waals surface area contributed by atoms with Gasteiger partial charge < -0.3 is 18.9 Å². The molecular weight excluding hydrogens is 238 g/mol. The van der Waals surface area contributed by atoms with Crippen LogP contribution in [0.3, 0.4) is 0 Å². The molecule has 0 saturated carbocycles. The van der Waals surface area contributed by atoms with E-state index in [1.54, 1.807) is 18.9 Å². The molecule has 0 radical (unpaired) electrons. The van der Waals surface area contributed by atoms with Gasteiger partial charge in [-0.15, -0.1) is 0 Å². The zero-order valence-corrected chi connectivity index (χ0v) is 10.5. The minimum atomic E-state index is -2.92. The first kappa shape index (κ1) is 12.0. The molecule has 5 atom stereocenters. The van der Waals surface area contributed by atoms with Crippen LogP contribution in [0.15, 0.2) is 0 Å². The molecule has 15 heavy (non-hydrogen) atoms.